The lowest BCUT2D eigenvalue weighted by molar-refractivity contribution is -0.135. The number of nitrogens with zero attached hydrogens (tertiary/aromatic N) is 7. The standard InChI is InChI=1S/C22H40N8O2/c1-5-32-16-8-9-23-22(24-17-20-26-25-19(3)27(20)4)30-14-12-28(13-15-30)18(2)21(31)29-10-6-7-11-29/h18H,5-17H2,1-4H3,(H,23,24). The highest BCUT2D eigenvalue weighted by atomic mass is 16.5. The van der Waals surface area contributed by atoms with Crippen LogP contribution in [0.5, 0.6) is 0 Å². The third kappa shape index (κ3) is 6.41. The smallest absolute Gasteiger partial charge is 0.239 e. The van der Waals surface area contributed by atoms with Gasteiger partial charge in [0.15, 0.2) is 11.8 Å². The van der Waals surface area contributed by atoms with E-state index < -0.39 is 0 Å². The zero-order valence-corrected chi connectivity index (χ0v) is 20.2. The average Bonchev–Trinajstić information content (AvgIpc) is 3.46. The molecule has 0 aliphatic carbocycles. The van der Waals surface area contributed by atoms with E-state index in [1.54, 1.807) is 0 Å². The fourth-order valence-corrected chi connectivity index (χ4v) is 4.20. The molecule has 2 aliphatic rings. The first-order valence-electron chi connectivity index (χ1n) is 12.0. The minimum Gasteiger partial charge on any atom is -0.382 e. The number of hydrogen-bond donors (Lipinski definition) is 1. The third-order valence-electron chi connectivity index (χ3n) is 6.44. The quantitative estimate of drug-likeness (QED) is 0.336. The van der Waals surface area contributed by atoms with Crippen LogP contribution in [0.3, 0.4) is 0 Å². The van der Waals surface area contributed by atoms with Crippen molar-refractivity contribution in [3.05, 3.63) is 11.6 Å². The molecule has 0 radical (unpaired) electrons. The van der Waals surface area contributed by atoms with Crippen LogP contribution in [0.25, 0.3) is 0 Å². The molecular formula is C22H40N8O2. The van der Waals surface area contributed by atoms with Crippen LogP contribution in [0.1, 0.15) is 44.8 Å². The fraction of sp³-hybridized carbons (Fsp3) is 0.818. The summed E-state index contributed by atoms with van der Waals surface area (Å²) in [6.07, 6.45) is 3.19. The fourth-order valence-electron chi connectivity index (χ4n) is 4.20. The zero-order valence-electron chi connectivity index (χ0n) is 20.2. The lowest BCUT2D eigenvalue weighted by atomic mass is 10.2. The number of likely N-dealkylation sites (tertiary alicyclic amines) is 1. The highest BCUT2D eigenvalue weighted by Gasteiger charge is 2.30. The number of rotatable bonds is 9. The lowest BCUT2D eigenvalue weighted by Gasteiger charge is -2.39. The van der Waals surface area contributed by atoms with E-state index in [1.807, 2.05) is 37.3 Å². The molecular weight excluding hydrogens is 408 g/mol. The summed E-state index contributed by atoms with van der Waals surface area (Å²) in [4.78, 5) is 24.2. The number of carbonyl (C=O) groups excluding carboxylic acids is 1. The highest BCUT2D eigenvalue weighted by Crippen LogP contribution is 2.14. The van der Waals surface area contributed by atoms with Crippen LogP contribution in [0.2, 0.25) is 0 Å². The third-order valence-corrected chi connectivity index (χ3v) is 6.44. The van der Waals surface area contributed by atoms with Gasteiger partial charge in [-0.25, -0.2) is 4.99 Å². The van der Waals surface area contributed by atoms with Crippen molar-refractivity contribution < 1.29 is 9.53 Å². The summed E-state index contributed by atoms with van der Waals surface area (Å²) < 4.78 is 7.43. The van der Waals surface area contributed by atoms with Gasteiger partial charge in [-0.05, 0) is 40.0 Å². The molecule has 3 heterocycles. The van der Waals surface area contributed by atoms with Crippen LogP contribution in [0, 0.1) is 6.92 Å². The molecule has 10 heteroatoms. The molecule has 2 saturated heterocycles. The van der Waals surface area contributed by atoms with Gasteiger partial charge >= 0.3 is 0 Å². The largest absolute Gasteiger partial charge is 0.382 e. The van der Waals surface area contributed by atoms with E-state index in [9.17, 15) is 4.79 Å². The Morgan fingerprint density at radius 2 is 1.84 bits per heavy atom. The van der Waals surface area contributed by atoms with Crippen LogP contribution in [-0.2, 0) is 23.1 Å². The number of hydrogen-bond acceptors (Lipinski definition) is 6. The number of aromatic nitrogens is 3. The average molecular weight is 449 g/mol. The maximum Gasteiger partial charge on any atom is 0.239 e. The van der Waals surface area contributed by atoms with Gasteiger partial charge in [0.1, 0.15) is 12.4 Å². The molecule has 0 saturated carbocycles. The summed E-state index contributed by atoms with van der Waals surface area (Å²) in [5.74, 6) is 2.89. The van der Waals surface area contributed by atoms with Gasteiger partial charge in [-0.3, -0.25) is 9.69 Å². The Kier molecular flexibility index (Phi) is 9.28. The first kappa shape index (κ1) is 24.4. The van der Waals surface area contributed by atoms with E-state index in [2.05, 4.69) is 25.3 Å². The molecule has 10 nitrogen and oxygen atoms in total. The second-order valence-corrected chi connectivity index (χ2v) is 8.57. The highest BCUT2D eigenvalue weighted by molar-refractivity contribution is 5.82. The van der Waals surface area contributed by atoms with Gasteiger partial charge in [0.25, 0.3) is 0 Å². The van der Waals surface area contributed by atoms with Gasteiger partial charge in [-0.2, -0.15) is 0 Å². The Morgan fingerprint density at radius 1 is 1.12 bits per heavy atom. The van der Waals surface area contributed by atoms with Crippen molar-refractivity contribution >= 4 is 11.9 Å². The monoisotopic (exact) mass is 448 g/mol. The molecule has 2 fully saturated rings. The molecule has 3 rings (SSSR count). The Bertz CT molecular complexity index is 751. The second kappa shape index (κ2) is 12.2. The van der Waals surface area contributed by atoms with Gasteiger partial charge in [0.2, 0.25) is 5.91 Å². The Balaban J connectivity index is 1.57. The maximum absolute atomic E-state index is 12.8. The number of piperazine rings is 1. The summed E-state index contributed by atoms with van der Waals surface area (Å²) in [5, 5.41) is 11.9. The van der Waals surface area contributed by atoms with E-state index in [1.165, 1.54) is 0 Å². The van der Waals surface area contributed by atoms with E-state index in [0.29, 0.717) is 6.54 Å². The van der Waals surface area contributed by atoms with Crippen LogP contribution >= 0.6 is 0 Å². The van der Waals surface area contributed by atoms with Crippen molar-refractivity contribution in [1.29, 1.82) is 0 Å². The number of ether oxygens (including phenoxy) is 1. The van der Waals surface area contributed by atoms with Crippen molar-refractivity contribution in [3.8, 4) is 0 Å². The Morgan fingerprint density at radius 3 is 2.47 bits per heavy atom. The van der Waals surface area contributed by atoms with Gasteiger partial charge in [-0.15, -0.1) is 10.2 Å². The number of aryl methyl sites for hydroxylation is 1. The minimum atomic E-state index is -0.0589. The summed E-state index contributed by atoms with van der Waals surface area (Å²) in [7, 11) is 1.97. The first-order valence-corrected chi connectivity index (χ1v) is 12.0. The topological polar surface area (TPSA) is 91.1 Å². The molecule has 1 aromatic rings. The van der Waals surface area contributed by atoms with Gasteiger partial charge < -0.3 is 24.4 Å². The number of carbonyl (C=O) groups is 1. The number of amides is 1. The van der Waals surface area contributed by atoms with Crippen LogP contribution in [-0.4, -0.2) is 106 Å². The van der Waals surface area contributed by atoms with Crippen molar-refractivity contribution in [2.24, 2.45) is 12.0 Å². The van der Waals surface area contributed by atoms with Gasteiger partial charge in [0.05, 0.1) is 6.04 Å². The summed E-state index contributed by atoms with van der Waals surface area (Å²) in [6.45, 7) is 14.0. The Labute approximate surface area is 192 Å². The molecule has 0 bridgehead atoms. The predicted octanol–water partition coefficient (Wildman–Crippen LogP) is 0.624. The van der Waals surface area contributed by atoms with Crippen molar-refractivity contribution in [2.75, 3.05) is 59.0 Å². The van der Waals surface area contributed by atoms with Crippen molar-refractivity contribution in [1.82, 2.24) is 34.8 Å². The number of aliphatic imine (C=N–C) groups is 1. The van der Waals surface area contributed by atoms with Gasteiger partial charge in [0, 0.05) is 66.1 Å². The van der Waals surface area contributed by atoms with Gasteiger partial charge in [-0.1, -0.05) is 0 Å². The maximum atomic E-state index is 12.8. The molecule has 1 aromatic heterocycles. The number of nitrogens with one attached hydrogen (secondary N) is 1. The van der Waals surface area contributed by atoms with Crippen LogP contribution < -0.4 is 5.32 Å². The Hall–Kier alpha value is -2.20. The molecule has 1 atom stereocenters. The summed E-state index contributed by atoms with van der Waals surface area (Å²) in [6, 6.07) is -0.0589. The molecule has 0 aromatic carbocycles. The lowest BCUT2D eigenvalue weighted by Crippen LogP contribution is -2.57. The molecule has 180 valence electrons. The summed E-state index contributed by atoms with van der Waals surface area (Å²) >= 11 is 0. The molecule has 1 amide bonds. The minimum absolute atomic E-state index is 0.0589. The van der Waals surface area contributed by atoms with E-state index in [-0.39, 0.29) is 11.9 Å². The molecule has 0 spiro atoms. The summed E-state index contributed by atoms with van der Waals surface area (Å²) in [5.41, 5.74) is 0. The molecule has 32 heavy (non-hydrogen) atoms. The van der Waals surface area contributed by atoms with E-state index in [0.717, 1.165) is 95.9 Å². The SMILES string of the molecule is CCOCCCNC(=NCc1nnc(C)n1C)N1CCN(C(C)C(=O)N2CCCC2)CC1. The van der Waals surface area contributed by atoms with E-state index in [4.69, 9.17) is 9.73 Å². The molecule has 1 N–H and O–H groups in total. The number of guanidine groups is 1. The van der Waals surface area contributed by atoms with Crippen molar-refractivity contribution in [2.45, 2.75) is 52.6 Å². The van der Waals surface area contributed by atoms with E-state index >= 15 is 0 Å². The molecule has 1 unspecified atom stereocenters. The molecule has 2 aliphatic heterocycles. The second-order valence-electron chi connectivity index (χ2n) is 8.57. The van der Waals surface area contributed by atoms with Crippen LogP contribution in [0.15, 0.2) is 4.99 Å². The normalized spacial score (nSPS) is 18.9. The van der Waals surface area contributed by atoms with Crippen LogP contribution in [0.4, 0.5) is 0 Å². The first-order chi connectivity index (χ1) is 15.5. The predicted molar refractivity (Wildman–Crippen MR) is 124 cm³/mol. The van der Waals surface area contributed by atoms with Crippen molar-refractivity contribution in [3.63, 3.8) is 0 Å². The zero-order chi connectivity index (χ0) is 22.9.